The van der Waals surface area contributed by atoms with Crippen molar-refractivity contribution < 1.29 is 22.7 Å². The molecule has 3 aliphatic heterocycles. The highest BCUT2D eigenvalue weighted by Gasteiger charge is 2.35. The number of benzene rings is 1. The third-order valence-corrected chi connectivity index (χ3v) is 8.60. The fourth-order valence-corrected chi connectivity index (χ4v) is 5.68. The molecule has 0 radical (unpaired) electrons. The van der Waals surface area contributed by atoms with Gasteiger partial charge in [-0.05, 0) is 82.1 Å². The number of sulfonamides is 1. The molecule has 176 valence electrons. The Balaban J connectivity index is 1.66. The number of carbonyl (C=O) groups is 1. The van der Waals surface area contributed by atoms with Crippen molar-refractivity contribution in [3.63, 3.8) is 0 Å². The molecule has 0 spiro atoms. The van der Waals surface area contributed by atoms with Gasteiger partial charge in [-0.1, -0.05) is 11.6 Å². The number of carbonyl (C=O) groups excluding carboxylic acids is 1. The van der Waals surface area contributed by atoms with E-state index >= 15 is 0 Å². The Labute approximate surface area is 195 Å². The van der Waals surface area contributed by atoms with Crippen LogP contribution in [-0.2, 0) is 19.6 Å². The summed E-state index contributed by atoms with van der Waals surface area (Å²) >= 11 is 6.26. The second kappa shape index (κ2) is 9.69. The van der Waals surface area contributed by atoms with Gasteiger partial charge in [0.05, 0.1) is 29.7 Å². The molecule has 1 amide bonds. The predicted octanol–water partition coefficient (Wildman–Crippen LogP) is 3.95. The Morgan fingerprint density at radius 2 is 1.94 bits per heavy atom. The van der Waals surface area contributed by atoms with E-state index in [4.69, 9.17) is 21.1 Å². The van der Waals surface area contributed by atoms with Crippen molar-refractivity contribution in [1.82, 2.24) is 4.90 Å². The summed E-state index contributed by atoms with van der Waals surface area (Å²) in [5.41, 5.74) is 1.55. The zero-order chi connectivity index (χ0) is 22.9. The van der Waals surface area contributed by atoms with E-state index in [9.17, 15) is 13.2 Å². The lowest BCUT2D eigenvalue weighted by atomic mass is 9.82. The van der Waals surface area contributed by atoms with Gasteiger partial charge in [-0.25, -0.2) is 8.42 Å². The van der Waals surface area contributed by atoms with Crippen LogP contribution in [0.5, 0.6) is 5.75 Å². The molecule has 1 atom stereocenters. The van der Waals surface area contributed by atoms with E-state index in [-0.39, 0.29) is 25.2 Å². The minimum Gasteiger partial charge on any atom is -0.483 e. The highest BCUT2D eigenvalue weighted by atomic mass is 35.5. The molecule has 1 saturated carbocycles. The van der Waals surface area contributed by atoms with Crippen LogP contribution < -0.4 is 4.74 Å². The van der Waals surface area contributed by atoms with E-state index in [1.165, 1.54) is 0 Å². The van der Waals surface area contributed by atoms with E-state index < -0.39 is 21.3 Å². The molecule has 4 aliphatic rings. The van der Waals surface area contributed by atoms with Gasteiger partial charge in [0.1, 0.15) is 5.75 Å². The summed E-state index contributed by atoms with van der Waals surface area (Å²) in [6, 6.07) is 5.07. The molecule has 5 rings (SSSR count). The standard InChI is InChI=1S/C23H31ClN2O5S/c1-15(2)32(28,29)25-20-4-3-11-26-21(20)13-30-18-8-5-16(6-9-18)19-12-17(24)7-10-22(19)31-14-23(26)27/h7,10,12,15-16,18,21H,3-6,8-9,11,13-14H2,1-2H3/b25-20+/t16?,18?,21-/m0/s1. The van der Waals surface area contributed by atoms with Gasteiger partial charge in [0, 0.05) is 11.6 Å². The van der Waals surface area contributed by atoms with Crippen molar-refractivity contribution in [2.24, 2.45) is 4.40 Å². The van der Waals surface area contributed by atoms with E-state index in [0.29, 0.717) is 41.8 Å². The van der Waals surface area contributed by atoms with Crippen LogP contribution in [0.1, 0.15) is 63.9 Å². The summed E-state index contributed by atoms with van der Waals surface area (Å²) in [7, 11) is -3.63. The van der Waals surface area contributed by atoms with Crippen molar-refractivity contribution in [1.29, 1.82) is 0 Å². The molecule has 1 aromatic rings. The van der Waals surface area contributed by atoms with Crippen LogP contribution in [0, 0.1) is 0 Å². The molecular weight excluding hydrogens is 452 g/mol. The Kier molecular flexibility index (Phi) is 7.12. The maximum absolute atomic E-state index is 13.2. The molecule has 1 aromatic carbocycles. The van der Waals surface area contributed by atoms with Crippen LogP contribution in [0.2, 0.25) is 5.02 Å². The third-order valence-electron chi connectivity index (χ3n) is 6.68. The molecule has 2 fully saturated rings. The lowest BCUT2D eigenvalue weighted by Gasteiger charge is -2.37. The number of rotatable bonds is 2. The molecule has 1 aliphatic carbocycles. The van der Waals surface area contributed by atoms with Crippen molar-refractivity contribution in [3.8, 4) is 5.75 Å². The number of piperidine rings is 1. The fourth-order valence-electron chi connectivity index (χ4n) is 4.75. The van der Waals surface area contributed by atoms with Crippen molar-refractivity contribution in [2.75, 3.05) is 19.8 Å². The molecule has 0 unspecified atom stereocenters. The van der Waals surface area contributed by atoms with Crippen LogP contribution in [-0.4, -0.2) is 62.1 Å². The summed E-state index contributed by atoms with van der Waals surface area (Å²) in [6.07, 6.45) is 4.98. The lowest BCUT2D eigenvalue weighted by molar-refractivity contribution is -0.136. The summed E-state index contributed by atoms with van der Waals surface area (Å²) in [4.78, 5) is 14.8. The summed E-state index contributed by atoms with van der Waals surface area (Å²) in [5.74, 6) is 0.812. The van der Waals surface area contributed by atoms with Gasteiger partial charge in [0.15, 0.2) is 6.61 Å². The van der Waals surface area contributed by atoms with Gasteiger partial charge in [0.25, 0.3) is 15.9 Å². The van der Waals surface area contributed by atoms with Crippen molar-refractivity contribution >= 4 is 33.2 Å². The Hall–Kier alpha value is -1.64. The van der Waals surface area contributed by atoms with Crippen molar-refractivity contribution in [3.05, 3.63) is 28.8 Å². The average Bonchev–Trinajstić information content (AvgIpc) is 2.78. The predicted molar refractivity (Wildman–Crippen MR) is 124 cm³/mol. The number of hydrogen-bond donors (Lipinski definition) is 0. The van der Waals surface area contributed by atoms with E-state index in [1.54, 1.807) is 24.8 Å². The summed E-state index contributed by atoms with van der Waals surface area (Å²) in [5, 5.41) is 0.0448. The number of halogens is 1. The van der Waals surface area contributed by atoms with Gasteiger partial charge in [-0.3, -0.25) is 4.79 Å². The van der Waals surface area contributed by atoms with Gasteiger partial charge < -0.3 is 14.4 Å². The molecule has 7 nitrogen and oxygen atoms in total. The normalized spacial score (nSPS) is 28.4. The van der Waals surface area contributed by atoms with E-state index in [1.807, 2.05) is 12.1 Å². The van der Waals surface area contributed by atoms with Crippen LogP contribution in [0.4, 0.5) is 0 Å². The Bertz CT molecular complexity index is 986. The van der Waals surface area contributed by atoms with Crippen LogP contribution in [0.3, 0.4) is 0 Å². The number of nitrogens with zero attached hydrogens (tertiary/aromatic N) is 2. The third kappa shape index (κ3) is 5.13. The van der Waals surface area contributed by atoms with E-state index in [0.717, 1.165) is 31.2 Å². The highest BCUT2D eigenvalue weighted by Crippen LogP contribution is 2.40. The zero-order valence-corrected chi connectivity index (χ0v) is 20.2. The average molecular weight is 483 g/mol. The number of amides is 1. The number of fused-ring (bicyclic) bond motifs is 5. The minimum absolute atomic E-state index is 0.0809. The number of hydrogen-bond acceptors (Lipinski definition) is 5. The molecule has 1 saturated heterocycles. The first-order chi connectivity index (χ1) is 15.2. The maximum Gasteiger partial charge on any atom is 0.261 e. The van der Waals surface area contributed by atoms with Crippen LogP contribution in [0.15, 0.2) is 22.6 Å². The highest BCUT2D eigenvalue weighted by molar-refractivity contribution is 7.90. The van der Waals surface area contributed by atoms with Gasteiger partial charge >= 0.3 is 0 Å². The maximum atomic E-state index is 13.2. The summed E-state index contributed by atoms with van der Waals surface area (Å²) < 4.78 is 41.4. The molecule has 32 heavy (non-hydrogen) atoms. The SMILES string of the molecule is CC(C)S(=O)(=O)/N=C1\CCCN2C(=O)COc3ccc(Cl)cc3C3CCC(CC3)OC[C@@H]12. The van der Waals surface area contributed by atoms with Crippen molar-refractivity contribution in [2.45, 2.75) is 75.7 Å². The van der Waals surface area contributed by atoms with E-state index in [2.05, 4.69) is 4.40 Å². The number of ether oxygens (including phenoxy) is 2. The molecule has 2 bridgehead atoms. The lowest BCUT2D eigenvalue weighted by Crippen LogP contribution is -2.53. The largest absolute Gasteiger partial charge is 0.483 e. The van der Waals surface area contributed by atoms with Gasteiger partial charge in [-0.2, -0.15) is 4.40 Å². The van der Waals surface area contributed by atoms with Gasteiger partial charge in [-0.15, -0.1) is 0 Å². The molecule has 3 heterocycles. The molecule has 0 aromatic heterocycles. The topological polar surface area (TPSA) is 85.3 Å². The monoisotopic (exact) mass is 482 g/mol. The fraction of sp³-hybridized carbons (Fsp3) is 0.652. The Morgan fingerprint density at radius 3 is 2.66 bits per heavy atom. The smallest absolute Gasteiger partial charge is 0.261 e. The van der Waals surface area contributed by atoms with Crippen LogP contribution >= 0.6 is 11.6 Å². The first-order valence-electron chi connectivity index (χ1n) is 11.4. The molecule has 0 N–H and O–H groups in total. The second-order valence-corrected chi connectivity index (χ2v) is 11.7. The van der Waals surface area contributed by atoms with Crippen LogP contribution in [0.25, 0.3) is 0 Å². The Morgan fingerprint density at radius 1 is 1.19 bits per heavy atom. The minimum atomic E-state index is -3.63. The molecular formula is C23H31ClN2O5S. The quantitative estimate of drug-likeness (QED) is 0.637. The zero-order valence-electron chi connectivity index (χ0n) is 18.6. The first kappa shape index (κ1) is 23.5. The van der Waals surface area contributed by atoms with Gasteiger partial charge in [0.2, 0.25) is 0 Å². The molecule has 9 heteroatoms. The second-order valence-electron chi connectivity index (χ2n) is 9.13. The summed E-state index contributed by atoms with van der Waals surface area (Å²) in [6.45, 7) is 3.89. The first-order valence-corrected chi connectivity index (χ1v) is 13.3.